The molecular weight excluding hydrogens is 446 g/mol. The summed E-state index contributed by atoms with van der Waals surface area (Å²) >= 11 is 1.61. The van der Waals surface area contributed by atoms with Gasteiger partial charge in [-0.05, 0) is 42.8 Å². The monoisotopic (exact) mass is 464 g/mol. The molecule has 1 aliphatic heterocycles. The number of hydrogen-bond donors (Lipinski definition) is 0. The summed E-state index contributed by atoms with van der Waals surface area (Å²) in [5.41, 5.74) is 3.46. The fourth-order valence-corrected chi connectivity index (χ4v) is 4.24. The second-order valence-corrected chi connectivity index (χ2v) is 6.89. The number of anilines is 1. The van der Waals surface area contributed by atoms with E-state index in [1.54, 1.807) is 17.8 Å². The first kappa shape index (κ1) is 18.2. The maximum absolute atomic E-state index is 13.5. The Kier molecular flexibility index (Phi) is 5.34. The molecule has 0 spiro atoms. The van der Waals surface area contributed by atoms with Crippen molar-refractivity contribution >= 4 is 34.4 Å². The van der Waals surface area contributed by atoms with Gasteiger partial charge in [0.1, 0.15) is 12.4 Å². The van der Waals surface area contributed by atoms with Crippen molar-refractivity contribution in [2.45, 2.75) is 18.4 Å². The molecule has 0 saturated heterocycles. The highest BCUT2D eigenvalue weighted by Gasteiger charge is 2.23. The average molecular weight is 464 g/mol. The van der Waals surface area contributed by atoms with Crippen LogP contribution in [0.4, 0.5) is 10.1 Å². The van der Waals surface area contributed by atoms with E-state index < -0.39 is 0 Å². The molecule has 2 aromatic carbocycles. The van der Waals surface area contributed by atoms with Gasteiger partial charge in [0.15, 0.2) is 6.20 Å². The maximum atomic E-state index is 13.5. The number of nitrogens with zero attached hydrogens (tertiary/aromatic N) is 2. The fourth-order valence-electron chi connectivity index (χ4n) is 3.12. The SMILES string of the molecule is CC[n+]1ccc(/C=C2\Sc3cc(F)ccc3N2C)c2ccccc21.[I-]. The van der Waals surface area contributed by atoms with Crippen molar-refractivity contribution in [3.8, 4) is 0 Å². The molecule has 1 aromatic heterocycles. The van der Waals surface area contributed by atoms with Gasteiger partial charge in [-0.2, -0.15) is 4.57 Å². The molecule has 4 rings (SSSR count). The van der Waals surface area contributed by atoms with Crippen LogP contribution in [0.15, 0.2) is 64.7 Å². The quantitative estimate of drug-likeness (QED) is 0.422. The molecule has 128 valence electrons. The summed E-state index contributed by atoms with van der Waals surface area (Å²) in [5.74, 6) is -0.190. The minimum atomic E-state index is -0.190. The molecular formula is C20H18FIN2S. The predicted molar refractivity (Wildman–Crippen MR) is 98.5 cm³/mol. The van der Waals surface area contributed by atoms with E-state index in [0.717, 1.165) is 22.2 Å². The van der Waals surface area contributed by atoms with Crippen LogP contribution in [0.3, 0.4) is 0 Å². The molecule has 1 aliphatic rings. The Labute approximate surface area is 168 Å². The molecule has 0 unspecified atom stereocenters. The van der Waals surface area contributed by atoms with Crippen LogP contribution >= 0.6 is 11.8 Å². The van der Waals surface area contributed by atoms with Gasteiger partial charge in [0.25, 0.3) is 0 Å². The summed E-state index contributed by atoms with van der Waals surface area (Å²) < 4.78 is 15.7. The third-order valence-corrected chi connectivity index (χ3v) is 5.55. The van der Waals surface area contributed by atoms with Crippen molar-refractivity contribution in [2.24, 2.45) is 0 Å². The number of hydrogen-bond acceptors (Lipinski definition) is 2. The summed E-state index contributed by atoms with van der Waals surface area (Å²) in [6, 6.07) is 15.5. The van der Waals surface area contributed by atoms with E-state index in [4.69, 9.17) is 0 Å². The second kappa shape index (κ2) is 7.33. The lowest BCUT2D eigenvalue weighted by atomic mass is 10.1. The van der Waals surface area contributed by atoms with Crippen LogP contribution in [0.2, 0.25) is 0 Å². The van der Waals surface area contributed by atoms with Crippen LogP contribution in [-0.4, -0.2) is 7.05 Å². The minimum Gasteiger partial charge on any atom is -1.00 e. The molecule has 2 nitrogen and oxygen atoms in total. The topological polar surface area (TPSA) is 7.12 Å². The van der Waals surface area contributed by atoms with Crippen molar-refractivity contribution in [3.05, 3.63) is 71.1 Å². The van der Waals surface area contributed by atoms with E-state index in [1.165, 1.54) is 22.5 Å². The van der Waals surface area contributed by atoms with Gasteiger partial charge in [0, 0.05) is 24.1 Å². The van der Waals surface area contributed by atoms with Gasteiger partial charge in [0.2, 0.25) is 5.52 Å². The Morgan fingerprint density at radius 1 is 1.16 bits per heavy atom. The first-order chi connectivity index (χ1) is 11.7. The summed E-state index contributed by atoms with van der Waals surface area (Å²) in [5, 5.41) is 2.33. The average Bonchev–Trinajstić information content (AvgIpc) is 2.90. The molecule has 0 aliphatic carbocycles. The number of para-hydroxylation sites is 1. The van der Waals surface area contributed by atoms with Crippen LogP contribution in [0, 0.1) is 5.82 Å². The molecule has 0 bridgehead atoms. The van der Waals surface area contributed by atoms with Crippen molar-refractivity contribution in [1.29, 1.82) is 0 Å². The van der Waals surface area contributed by atoms with E-state index in [-0.39, 0.29) is 29.8 Å². The highest BCUT2D eigenvalue weighted by Crippen LogP contribution is 2.46. The third kappa shape index (κ3) is 3.27. The molecule has 25 heavy (non-hydrogen) atoms. The predicted octanol–water partition coefficient (Wildman–Crippen LogP) is 1.83. The Morgan fingerprint density at radius 3 is 2.76 bits per heavy atom. The molecule has 5 heteroatoms. The number of aryl methyl sites for hydroxylation is 1. The Morgan fingerprint density at radius 2 is 1.96 bits per heavy atom. The normalized spacial score (nSPS) is 14.7. The van der Waals surface area contributed by atoms with E-state index in [1.807, 2.05) is 13.1 Å². The first-order valence-corrected chi connectivity index (χ1v) is 8.83. The zero-order valence-corrected chi connectivity index (χ0v) is 17.0. The molecule has 0 fully saturated rings. The van der Waals surface area contributed by atoms with Crippen LogP contribution in [0.5, 0.6) is 0 Å². The van der Waals surface area contributed by atoms with Crippen LogP contribution in [-0.2, 0) is 6.54 Å². The van der Waals surface area contributed by atoms with E-state index in [9.17, 15) is 4.39 Å². The highest BCUT2D eigenvalue weighted by molar-refractivity contribution is 8.03. The number of pyridine rings is 1. The number of aromatic nitrogens is 1. The van der Waals surface area contributed by atoms with Gasteiger partial charge in [0.05, 0.1) is 16.1 Å². The standard InChI is InChI=1S/C20H18FN2S.HI/c1-3-23-11-10-14(16-6-4-5-7-17(16)23)12-20-22(2)18-9-8-15(21)13-19(18)24-20;/h4-13H,3H2,1-2H3;1H/q+1;/p-1. The molecule has 3 aromatic rings. The largest absolute Gasteiger partial charge is 1.00 e. The van der Waals surface area contributed by atoms with Crippen molar-refractivity contribution in [3.63, 3.8) is 0 Å². The molecule has 0 radical (unpaired) electrons. The summed E-state index contributed by atoms with van der Waals surface area (Å²) in [7, 11) is 2.03. The fraction of sp³-hybridized carbons (Fsp3) is 0.150. The van der Waals surface area contributed by atoms with Gasteiger partial charge in [-0.15, -0.1) is 0 Å². The molecule has 0 N–H and O–H groups in total. The Hall–Kier alpha value is -1.60. The first-order valence-electron chi connectivity index (χ1n) is 8.01. The highest BCUT2D eigenvalue weighted by atomic mass is 127. The lowest BCUT2D eigenvalue weighted by Gasteiger charge is -2.13. The number of fused-ring (bicyclic) bond motifs is 2. The van der Waals surface area contributed by atoms with Gasteiger partial charge < -0.3 is 28.9 Å². The van der Waals surface area contributed by atoms with Gasteiger partial charge >= 0.3 is 0 Å². The molecule has 2 heterocycles. The molecule has 0 saturated carbocycles. The number of rotatable bonds is 2. The van der Waals surface area contributed by atoms with Gasteiger partial charge in [-0.3, -0.25) is 0 Å². The number of benzene rings is 2. The van der Waals surface area contributed by atoms with Gasteiger partial charge in [-0.25, -0.2) is 4.39 Å². The maximum Gasteiger partial charge on any atom is 0.213 e. The van der Waals surface area contributed by atoms with Gasteiger partial charge in [-0.1, -0.05) is 23.9 Å². The third-order valence-electron chi connectivity index (χ3n) is 4.41. The van der Waals surface area contributed by atoms with Crippen molar-refractivity contribution in [2.75, 3.05) is 11.9 Å². The summed E-state index contributed by atoms with van der Waals surface area (Å²) in [6.07, 6.45) is 4.31. The summed E-state index contributed by atoms with van der Waals surface area (Å²) in [4.78, 5) is 3.09. The Bertz CT molecular complexity index is 971. The lowest BCUT2D eigenvalue weighted by Crippen LogP contribution is -3.00. The molecule has 0 atom stereocenters. The smallest absolute Gasteiger partial charge is 0.213 e. The zero-order valence-electron chi connectivity index (χ0n) is 14.0. The second-order valence-electron chi connectivity index (χ2n) is 5.83. The van der Waals surface area contributed by atoms with Crippen LogP contribution < -0.4 is 33.4 Å². The minimum absolute atomic E-state index is 0. The van der Waals surface area contributed by atoms with Crippen molar-refractivity contribution in [1.82, 2.24) is 0 Å². The van der Waals surface area contributed by atoms with E-state index in [0.29, 0.717) is 0 Å². The molecule has 0 amide bonds. The zero-order chi connectivity index (χ0) is 16.7. The van der Waals surface area contributed by atoms with E-state index >= 15 is 0 Å². The van der Waals surface area contributed by atoms with Crippen LogP contribution in [0.25, 0.3) is 17.0 Å². The summed E-state index contributed by atoms with van der Waals surface area (Å²) in [6.45, 7) is 3.09. The van der Waals surface area contributed by atoms with Crippen molar-refractivity contribution < 1.29 is 32.9 Å². The van der Waals surface area contributed by atoms with Crippen LogP contribution in [0.1, 0.15) is 12.5 Å². The number of halogens is 2. The van der Waals surface area contributed by atoms with E-state index in [2.05, 4.69) is 59.0 Å². The number of thioether (sulfide) groups is 1. The lowest BCUT2D eigenvalue weighted by molar-refractivity contribution is -0.667. The Balaban J connectivity index is 0.00000182.